The van der Waals surface area contributed by atoms with Crippen LogP contribution in [0.2, 0.25) is 65.0 Å². The SMILES string of the molecule is CCOP(=O)(CC[Si]([Si](C)(C)C)([Si](C)(C)C)[Si](C)(C)C)OCC. The third-order valence-corrected chi connectivity index (χ3v) is 82.2. The van der Waals surface area contributed by atoms with Crippen molar-refractivity contribution in [2.45, 2.75) is 78.8 Å². The molecule has 0 rings (SSSR count). The molecule has 0 amide bonds. The first kappa shape index (κ1) is 24.0. The maximum absolute atomic E-state index is 13.1. The topological polar surface area (TPSA) is 35.5 Å². The standard InChI is InChI=1S/C15H41O3PSi4/c1-12-17-19(16,18-13-2)14-15-23(20(3,4)5,21(6,7)8)22(9,10)11/h12-15H2,1-11H3. The van der Waals surface area contributed by atoms with Crippen molar-refractivity contribution in [2.75, 3.05) is 19.4 Å². The average molecular weight is 413 g/mol. The molecule has 0 unspecified atom stereocenters. The third kappa shape index (κ3) is 5.49. The first-order valence-corrected chi connectivity index (χ1v) is 26.4. The van der Waals surface area contributed by atoms with E-state index in [4.69, 9.17) is 9.05 Å². The molecule has 0 aliphatic carbocycles. The molecule has 0 fully saturated rings. The second kappa shape index (κ2) is 8.14. The van der Waals surface area contributed by atoms with Gasteiger partial charge in [-0.25, -0.2) is 0 Å². The number of rotatable bonds is 10. The molecule has 0 saturated heterocycles. The largest absolute Gasteiger partial charge is 0.330 e. The van der Waals surface area contributed by atoms with E-state index in [9.17, 15) is 4.57 Å². The predicted molar refractivity (Wildman–Crippen MR) is 116 cm³/mol. The Kier molecular flexibility index (Phi) is 8.50. The van der Waals surface area contributed by atoms with Gasteiger partial charge in [-0.05, 0) is 13.8 Å². The predicted octanol–water partition coefficient (Wildman–Crippen LogP) is 5.95. The molecule has 0 spiro atoms. The Bertz CT molecular complexity index is 376. The number of hydrogen-bond acceptors (Lipinski definition) is 3. The van der Waals surface area contributed by atoms with Gasteiger partial charge in [-0.3, -0.25) is 4.57 Å². The van der Waals surface area contributed by atoms with Crippen molar-refractivity contribution >= 4 is 37.0 Å². The van der Waals surface area contributed by atoms with Crippen molar-refractivity contribution in [3.8, 4) is 0 Å². The van der Waals surface area contributed by atoms with Crippen molar-refractivity contribution in [3.63, 3.8) is 0 Å². The molecule has 0 N–H and O–H groups in total. The first-order chi connectivity index (χ1) is 10.1. The molecule has 0 aliphatic rings. The van der Waals surface area contributed by atoms with Gasteiger partial charge in [0.05, 0.1) is 13.2 Å². The lowest BCUT2D eigenvalue weighted by molar-refractivity contribution is 0.221. The van der Waals surface area contributed by atoms with E-state index in [0.717, 1.165) is 6.04 Å². The van der Waals surface area contributed by atoms with Crippen LogP contribution in [0.3, 0.4) is 0 Å². The van der Waals surface area contributed by atoms with Crippen LogP contribution in [-0.2, 0) is 13.6 Å². The second-order valence-corrected chi connectivity index (χ2v) is 53.3. The van der Waals surface area contributed by atoms with Crippen LogP contribution in [0.15, 0.2) is 0 Å². The van der Waals surface area contributed by atoms with Gasteiger partial charge < -0.3 is 9.05 Å². The Morgan fingerprint density at radius 2 is 1.00 bits per heavy atom. The van der Waals surface area contributed by atoms with E-state index < -0.39 is 37.0 Å². The smallest absolute Gasteiger partial charge is 0.309 e. The molecular weight excluding hydrogens is 371 g/mol. The van der Waals surface area contributed by atoms with Crippen LogP contribution in [0.25, 0.3) is 0 Å². The summed E-state index contributed by atoms with van der Waals surface area (Å²) in [6, 6.07) is 1.14. The molecular formula is C15H41O3PSi4. The maximum atomic E-state index is 13.1. The van der Waals surface area contributed by atoms with E-state index in [-0.39, 0.29) is 0 Å². The zero-order chi connectivity index (χ0) is 18.7. The fraction of sp³-hybridized carbons (Fsp3) is 1.00. The van der Waals surface area contributed by atoms with Crippen LogP contribution >= 0.6 is 7.60 Å². The van der Waals surface area contributed by atoms with E-state index in [0.29, 0.717) is 19.4 Å². The molecule has 0 aromatic rings. The molecule has 0 aliphatic heterocycles. The van der Waals surface area contributed by atoms with Crippen LogP contribution in [0.5, 0.6) is 0 Å². The average Bonchev–Trinajstić information content (AvgIpc) is 2.23. The Hall–Kier alpha value is 1.02. The van der Waals surface area contributed by atoms with E-state index in [1.54, 1.807) is 0 Å². The van der Waals surface area contributed by atoms with Crippen molar-refractivity contribution in [1.29, 1.82) is 0 Å². The van der Waals surface area contributed by atoms with Gasteiger partial charge in [0.25, 0.3) is 0 Å². The van der Waals surface area contributed by atoms with E-state index >= 15 is 0 Å². The quantitative estimate of drug-likeness (QED) is 0.328. The Labute approximate surface area is 148 Å². The molecule has 0 heterocycles. The van der Waals surface area contributed by atoms with Crippen molar-refractivity contribution in [1.82, 2.24) is 0 Å². The van der Waals surface area contributed by atoms with E-state index in [1.165, 1.54) is 0 Å². The van der Waals surface area contributed by atoms with Crippen molar-refractivity contribution in [3.05, 3.63) is 0 Å². The van der Waals surface area contributed by atoms with Crippen LogP contribution in [0, 0.1) is 0 Å². The highest BCUT2D eigenvalue weighted by atomic mass is 31.2. The van der Waals surface area contributed by atoms with Gasteiger partial charge in [0, 0.05) is 35.6 Å². The molecule has 0 saturated carbocycles. The highest BCUT2D eigenvalue weighted by Crippen LogP contribution is 2.52. The minimum atomic E-state index is -2.92. The molecule has 3 nitrogen and oxygen atoms in total. The summed E-state index contributed by atoms with van der Waals surface area (Å²) in [4.78, 5) is 0. The summed E-state index contributed by atoms with van der Waals surface area (Å²) in [5.41, 5.74) is 0. The van der Waals surface area contributed by atoms with E-state index in [1.807, 2.05) is 13.8 Å². The fourth-order valence-corrected chi connectivity index (χ4v) is 109. The van der Waals surface area contributed by atoms with Gasteiger partial charge in [-0.15, -0.1) is 0 Å². The van der Waals surface area contributed by atoms with Crippen molar-refractivity contribution in [2.24, 2.45) is 0 Å². The summed E-state index contributed by atoms with van der Waals surface area (Å²) < 4.78 is 24.3. The van der Waals surface area contributed by atoms with Gasteiger partial charge >= 0.3 is 7.60 Å². The van der Waals surface area contributed by atoms with Crippen LogP contribution in [0.4, 0.5) is 0 Å². The normalized spacial score (nSPS) is 15.1. The van der Waals surface area contributed by atoms with Crippen LogP contribution in [-0.4, -0.2) is 48.8 Å². The highest BCUT2D eigenvalue weighted by molar-refractivity contribution is 7.89. The van der Waals surface area contributed by atoms with Crippen LogP contribution < -0.4 is 0 Å². The fourth-order valence-electron chi connectivity index (χ4n) is 5.36. The Morgan fingerprint density at radius 1 is 0.696 bits per heavy atom. The minimum Gasteiger partial charge on any atom is -0.309 e. The summed E-state index contributed by atoms with van der Waals surface area (Å²) in [6.07, 6.45) is 0.639. The molecule has 0 atom stereocenters. The van der Waals surface area contributed by atoms with Crippen LogP contribution in [0.1, 0.15) is 13.8 Å². The number of hydrogen-bond donors (Lipinski definition) is 0. The zero-order valence-corrected chi connectivity index (χ0v) is 22.4. The molecule has 0 aromatic heterocycles. The first-order valence-electron chi connectivity index (χ1n) is 8.96. The lowest BCUT2D eigenvalue weighted by atomic mass is 10.9. The van der Waals surface area contributed by atoms with E-state index in [2.05, 4.69) is 58.9 Å². The second-order valence-electron chi connectivity index (χ2n) is 9.58. The van der Waals surface area contributed by atoms with Gasteiger partial charge in [0.1, 0.15) is 0 Å². The summed E-state index contributed by atoms with van der Waals surface area (Å²) in [6.45, 7) is 26.4. The van der Waals surface area contributed by atoms with Gasteiger partial charge in [0.15, 0.2) is 0 Å². The third-order valence-electron chi connectivity index (χ3n) is 5.25. The molecule has 8 heteroatoms. The molecule has 140 valence electrons. The molecule has 0 aromatic carbocycles. The minimum absolute atomic E-state index is 0.471. The Balaban J connectivity index is 5.89. The lowest BCUT2D eigenvalue weighted by Gasteiger charge is -2.58. The Morgan fingerprint density at radius 3 is 1.22 bits per heavy atom. The summed E-state index contributed by atoms with van der Waals surface area (Å²) >= 11 is 0. The van der Waals surface area contributed by atoms with Gasteiger partial charge in [0.2, 0.25) is 0 Å². The highest BCUT2D eigenvalue weighted by Gasteiger charge is 2.61. The summed E-state index contributed by atoms with van der Waals surface area (Å²) in [7, 11) is -6.89. The molecule has 23 heavy (non-hydrogen) atoms. The monoisotopic (exact) mass is 412 g/mol. The van der Waals surface area contributed by atoms with Crippen molar-refractivity contribution < 1.29 is 13.6 Å². The van der Waals surface area contributed by atoms with Gasteiger partial charge in [-0.1, -0.05) is 65.0 Å². The molecule has 0 bridgehead atoms. The summed E-state index contributed by atoms with van der Waals surface area (Å²) in [5.74, 6) is 0. The lowest BCUT2D eigenvalue weighted by Crippen LogP contribution is -2.82. The molecule has 0 radical (unpaired) electrons. The zero-order valence-electron chi connectivity index (χ0n) is 17.5. The summed E-state index contributed by atoms with van der Waals surface area (Å²) in [5, 5.41) is 0. The van der Waals surface area contributed by atoms with Gasteiger partial charge in [-0.2, -0.15) is 0 Å². The maximum Gasteiger partial charge on any atom is 0.330 e.